The van der Waals surface area contributed by atoms with Crippen LogP contribution in [-0.4, -0.2) is 39.9 Å². The average molecular weight is 379 g/mol. The molecular weight excluding hydrogens is 340 g/mol. The molecule has 27 heavy (non-hydrogen) atoms. The van der Waals surface area contributed by atoms with Crippen LogP contribution in [0.2, 0.25) is 0 Å². The summed E-state index contributed by atoms with van der Waals surface area (Å²) in [7, 11) is 0. The highest BCUT2D eigenvalue weighted by atomic mass is 16.3. The molecule has 0 bridgehead atoms. The number of aliphatic hydroxyl groups is 3. The Hall–Kier alpha value is -0.710. The Bertz CT molecular complexity index is 493. The first kappa shape index (κ1) is 21.0. The molecule has 3 N–H and O–H groups in total. The third-order valence-electron chi connectivity index (χ3n) is 7.45. The fraction of sp³-hybridized carbons (Fsp3) is 0.870. The van der Waals surface area contributed by atoms with E-state index in [1.807, 2.05) is 12.2 Å². The molecule has 3 saturated carbocycles. The molecule has 0 amide bonds. The summed E-state index contributed by atoms with van der Waals surface area (Å²) in [6.45, 7) is 0.255. The highest BCUT2D eigenvalue weighted by molar-refractivity contribution is 5.84. The highest BCUT2D eigenvalue weighted by Gasteiger charge is 2.41. The van der Waals surface area contributed by atoms with Crippen LogP contribution in [0, 0.1) is 29.6 Å². The SMILES string of the molecule is O=C1C[C@@H](O)[C@H](C=C[C@H](O)C2CC(C3CCC3)C2)[C@H]1CCCCCCCO. The van der Waals surface area contributed by atoms with Crippen LogP contribution in [0.25, 0.3) is 0 Å². The minimum absolute atomic E-state index is 0.0922. The van der Waals surface area contributed by atoms with E-state index in [0.29, 0.717) is 5.92 Å². The van der Waals surface area contributed by atoms with Gasteiger partial charge in [0.2, 0.25) is 0 Å². The Morgan fingerprint density at radius 2 is 1.74 bits per heavy atom. The average Bonchev–Trinajstić information content (AvgIpc) is 2.83. The summed E-state index contributed by atoms with van der Waals surface area (Å²) in [4.78, 5) is 12.3. The van der Waals surface area contributed by atoms with Crippen LogP contribution in [-0.2, 0) is 4.79 Å². The lowest BCUT2D eigenvalue weighted by atomic mass is 9.61. The van der Waals surface area contributed by atoms with E-state index in [2.05, 4.69) is 0 Å². The summed E-state index contributed by atoms with van der Waals surface area (Å²) < 4.78 is 0. The standard InChI is InChI=1S/C23H38O4/c24-12-5-3-1-2-4-9-19-20(23(27)15-22(19)26)10-11-21(25)18-13-17(14-18)16-7-6-8-16/h10-11,16-21,23-25,27H,1-9,12-15H2/t17?,18?,19-,20-,21+,23-/m1/s1. The molecule has 0 aromatic carbocycles. The van der Waals surface area contributed by atoms with Gasteiger partial charge in [-0.25, -0.2) is 0 Å². The number of aliphatic hydroxyl groups excluding tert-OH is 3. The molecule has 4 nitrogen and oxygen atoms in total. The number of Topliss-reactive ketones (excluding diaryl/α,β-unsaturated/α-hetero) is 1. The van der Waals surface area contributed by atoms with Gasteiger partial charge in [-0.05, 0) is 43.4 Å². The number of unbranched alkanes of at least 4 members (excludes halogenated alkanes) is 4. The van der Waals surface area contributed by atoms with Gasteiger partial charge in [0.15, 0.2) is 0 Å². The predicted octanol–water partition coefficient (Wildman–Crippen LogP) is 3.63. The Balaban J connectivity index is 1.41. The van der Waals surface area contributed by atoms with Crippen molar-refractivity contribution in [3.05, 3.63) is 12.2 Å². The third kappa shape index (κ3) is 5.42. The summed E-state index contributed by atoms with van der Waals surface area (Å²) in [5.41, 5.74) is 0. The van der Waals surface area contributed by atoms with E-state index < -0.39 is 12.2 Å². The second-order valence-corrected chi connectivity index (χ2v) is 9.26. The zero-order valence-electron chi connectivity index (χ0n) is 16.6. The number of hydrogen-bond acceptors (Lipinski definition) is 4. The molecule has 3 fully saturated rings. The lowest BCUT2D eigenvalue weighted by molar-refractivity contribution is -0.121. The van der Waals surface area contributed by atoms with Gasteiger partial charge in [0, 0.05) is 24.9 Å². The van der Waals surface area contributed by atoms with E-state index in [9.17, 15) is 15.0 Å². The molecule has 0 unspecified atom stereocenters. The highest BCUT2D eigenvalue weighted by Crippen LogP contribution is 2.48. The van der Waals surface area contributed by atoms with Crippen LogP contribution in [0.15, 0.2) is 12.2 Å². The summed E-state index contributed by atoms with van der Waals surface area (Å²) in [6, 6.07) is 0. The number of carbonyl (C=O) groups is 1. The third-order valence-corrected chi connectivity index (χ3v) is 7.45. The monoisotopic (exact) mass is 378 g/mol. The summed E-state index contributed by atoms with van der Waals surface area (Å²) in [5.74, 6) is 2.05. The zero-order chi connectivity index (χ0) is 19.2. The van der Waals surface area contributed by atoms with E-state index in [1.54, 1.807) is 0 Å². The second-order valence-electron chi connectivity index (χ2n) is 9.26. The normalized spacial score (nSPS) is 35.4. The van der Waals surface area contributed by atoms with Crippen molar-refractivity contribution >= 4 is 5.78 Å². The Morgan fingerprint density at radius 3 is 2.41 bits per heavy atom. The van der Waals surface area contributed by atoms with Gasteiger partial charge in [-0.15, -0.1) is 0 Å². The first-order valence-corrected chi connectivity index (χ1v) is 11.3. The summed E-state index contributed by atoms with van der Waals surface area (Å²) in [6.07, 6.45) is 15.3. The molecule has 0 radical (unpaired) electrons. The minimum atomic E-state index is -0.593. The van der Waals surface area contributed by atoms with Gasteiger partial charge < -0.3 is 15.3 Å². The van der Waals surface area contributed by atoms with Gasteiger partial charge in [-0.3, -0.25) is 4.79 Å². The number of carbonyl (C=O) groups excluding carboxylic acids is 1. The fourth-order valence-corrected chi connectivity index (χ4v) is 5.28. The first-order valence-electron chi connectivity index (χ1n) is 11.3. The predicted molar refractivity (Wildman–Crippen MR) is 106 cm³/mol. The molecule has 4 atom stereocenters. The van der Waals surface area contributed by atoms with E-state index in [4.69, 9.17) is 5.11 Å². The molecule has 0 saturated heterocycles. The number of hydrogen-bond donors (Lipinski definition) is 3. The van der Waals surface area contributed by atoms with Gasteiger partial charge >= 0.3 is 0 Å². The van der Waals surface area contributed by atoms with Crippen molar-refractivity contribution < 1.29 is 20.1 Å². The van der Waals surface area contributed by atoms with Crippen LogP contribution in [0.3, 0.4) is 0 Å². The Morgan fingerprint density at radius 1 is 1.04 bits per heavy atom. The van der Waals surface area contributed by atoms with Crippen molar-refractivity contribution in [2.24, 2.45) is 29.6 Å². The van der Waals surface area contributed by atoms with Crippen LogP contribution in [0.5, 0.6) is 0 Å². The number of ketones is 1. The Kier molecular flexibility index (Phi) is 7.92. The van der Waals surface area contributed by atoms with Crippen molar-refractivity contribution in [3.8, 4) is 0 Å². The molecule has 0 heterocycles. The fourth-order valence-electron chi connectivity index (χ4n) is 5.28. The van der Waals surface area contributed by atoms with Crippen molar-refractivity contribution in [2.45, 2.75) is 89.3 Å². The van der Waals surface area contributed by atoms with Crippen molar-refractivity contribution in [1.29, 1.82) is 0 Å². The molecule has 154 valence electrons. The van der Waals surface area contributed by atoms with Crippen molar-refractivity contribution in [2.75, 3.05) is 6.61 Å². The topological polar surface area (TPSA) is 77.8 Å². The molecule has 0 aromatic rings. The smallest absolute Gasteiger partial charge is 0.139 e. The van der Waals surface area contributed by atoms with Crippen molar-refractivity contribution in [1.82, 2.24) is 0 Å². The van der Waals surface area contributed by atoms with Crippen LogP contribution < -0.4 is 0 Å². The molecule has 0 aromatic heterocycles. The maximum Gasteiger partial charge on any atom is 0.139 e. The summed E-state index contributed by atoms with van der Waals surface area (Å²) in [5, 5.41) is 29.6. The maximum atomic E-state index is 12.3. The quantitative estimate of drug-likeness (QED) is 0.379. The lowest BCUT2D eigenvalue weighted by Crippen LogP contribution is -2.38. The van der Waals surface area contributed by atoms with Crippen molar-refractivity contribution in [3.63, 3.8) is 0 Å². The van der Waals surface area contributed by atoms with Gasteiger partial charge in [0.05, 0.1) is 12.2 Å². The van der Waals surface area contributed by atoms with Gasteiger partial charge in [-0.2, -0.15) is 0 Å². The largest absolute Gasteiger partial charge is 0.396 e. The maximum absolute atomic E-state index is 12.3. The lowest BCUT2D eigenvalue weighted by Gasteiger charge is -2.45. The number of rotatable bonds is 11. The van der Waals surface area contributed by atoms with E-state index in [1.165, 1.54) is 19.3 Å². The summed E-state index contributed by atoms with van der Waals surface area (Å²) >= 11 is 0. The zero-order valence-corrected chi connectivity index (χ0v) is 16.6. The van der Waals surface area contributed by atoms with Gasteiger partial charge in [-0.1, -0.05) is 57.1 Å². The molecule has 0 aliphatic heterocycles. The van der Waals surface area contributed by atoms with Gasteiger partial charge in [0.25, 0.3) is 0 Å². The molecule has 0 spiro atoms. The van der Waals surface area contributed by atoms with E-state index in [0.717, 1.165) is 63.2 Å². The van der Waals surface area contributed by atoms with Gasteiger partial charge in [0.1, 0.15) is 5.78 Å². The van der Waals surface area contributed by atoms with Crippen LogP contribution in [0.1, 0.15) is 77.0 Å². The Labute approximate surface area is 164 Å². The van der Waals surface area contributed by atoms with Crippen LogP contribution >= 0.6 is 0 Å². The molecular formula is C23H38O4. The molecule has 4 heteroatoms. The molecule has 3 rings (SSSR count). The molecule has 3 aliphatic carbocycles. The first-order chi connectivity index (χ1) is 13.1. The van der Waals surface area contributed by atoms with Crippen LogP contribution in [0.4, 0.5) is 0 Å². The molecule has 3 aliphatic rings. The van der Waals surface area contributed by atoms with E-state index in [-0.39, 0.29) is 30.6 Å². The minimum Gasteiger partial charge on any atom is -0.396 e. The van der Waals surface area contributed by atoms with E-state index >= 15 is 0 Å². The second kappa shape index (κ2) is 10.2.